The highest BCUT2D eigenvalue weighted by Gasteiger charge is 2.04. The summed E-state index contributed by atoms with van der Waals surface area (Å²) in [6, 6.07) is 6.03. The van der Waals surface area contributed by atoms with E-state index in [2.05, 4.69) is 6.92 Å². The summed E-state index contributed by atoms with van der Waals surface area (Å²) in [5, 5.41) is 1.22. The Morgan fingerprint density at radius 1 is 1.31 bits per heavy atom. The molecule has 0 N–H and O–H groups in total. The van der Waals surface area contributed by atoms with Crippen molar-refractivity contribution in [3.05, 3.63) is 28.1 Å². The van der Waals surface area contributed by atoms with Crippen LogP contribution in [0.1, 0.15) is 5.56 Å². The lowest BCUT2D eigenvalue weighted by Gasteiger charge is -2.01. The van der Waals surface area contributed by atoms with Gasteiger partial charge in [-0.15, -0.1) is 11.3 Å². The van der Waals surface area contributed by atoms with Crippen LogP contribution in [-0.2, 0) is 0 Å². The molecule has 1 aromatic heterocycles. The second-order valence-corrected chi connectivity index (χ2v) is 4.62. The number of ether oxygens (including phenoxy) is 1. The van der Waals surface area contributed by atoms with Crippen molar-refractivity contribution in [1.82, 2.24) is 0 Å². The van der Waals surface area contributed by atoms with Crippen LogP contribution in [0.2, 0.25) is 4.34 Å². The normalized spacial score (nSPS) is 10.7. The summed E-state index contributed by atoms with van der Waals surface area (Å²) in [7, 11) is 1.68. The minimum absolute atomic E-state index is 0.825. The third-order valence-electron chi connectivity index (χ3n) is 2.02. The van der Waals surface area contributed by atoms with Crippen molar-refractivity contribution in [3.8, 4) is 5.75 Å². The highest BCUT2D eigenvalue weighted by Crippen LogP contribution is 2.34. The summed E-state index contributed by atoms with van der Waals surface area (Å²) in [5.74, 6) is 0.892. The van der Waals surface area contributed by atoms with Gasteiger partial charge in [-0.3, -0.25) is 0 Å². The van der Waals surface area contributed by atoms with Crippen LogP contribution in [-0.4, -0.2) is 7.11 Å². The van der Waals surface area contributed by atoms with Gasteiger partial charge in [-0.2, -0.15) is 0 Å². The molecule has 0 amide bonds. The van der Waals surface area contributed by atoms with E-state index in [4.69, 9.17) is 16.3 Å². The number of rotatable bonds is 1. The maximum Gasteiger partial charge on any atom is 0.120 e. The van der Waals surface area contributed by atoms with Crippen molar-refractivity contribution >= 4 is 33.0 Å². The zero-order valence-corrected chi connectivity index (χ0v) is 9.00. The first-order chi connectivity index (χ1) is 6.20. The maximum atomic E-state index is 5.93. The number of aryl methyl sites for hydroxylation is 1. The predicted molar refractivity (Wildman–Crippen MR) is 58.1 cm³/mol. The molecule has 0 radical (unpaired) electrons. The zero-order valence-electron chi connectivity index (χ0n) is 7.43. The maximum absolute atomic E-state index is 5.93. The zero-order chi connectivity index (χ0) is 9.42. The van der Waals surface area contributed by atoms with Gasteiger partial charge in [0.2, 0.25) is 0 Å². The minimum Gasteiger partial charge on any atom is -0.497 e. The first-order valence-electron chi connectivity index (χ1n) is 3.94. The van der Waals surface area contributed by atoms with Crippen LogP contribution in [0.15, 0.2) is 18.2 Å². The van der Waals surface area contributed by atoms with Gasteiger partial charge in [0.1, 0.15) is 5.75 Å². The molecule has 0 atom stereocenters. The van der Waals surface area contributed by atoms with E-state index in [1.54, 1.807) is 18.4 Å². The molecular weight excluding hydrogens is 204 g/mol. The molecule has 0 aliphatic carbocycles. The van der Waals surface area contributed by atoms with Crippen molar-refractivity contribution < 1.29 is 4.74 Å². The van der Waals surface area contributed by atoms with Crippen molar-refractivity contribution in [2.45, 2.75) is 6.92 Å². The molecule has 1 heterocycles. The lowest BCUT2D eigenvalue weighted by atomic mass is 10.1. The molecule has 1 aromatic carbocycles. The number of methoxy groups -OCH3 is 1. The molecule has 0 bridgehead atoms. The first kappa shape index (κ1) is 8.85. The number of halogens is 1. The van der Waals surface area contributed by atoms with E-state index in [-0.39, 0.29) is 0 Å². The highest BCUT2D eigenvalue weighted by molar-refractivity contribution is 7.22. The van der Waals surface area contributed by atoms with E-state index in [1.165, 1.54) is 15.6 Å². The molecule has 3 heteroatoms. The monoisotopic (exact) mass is 212 g/mol. The molecular formula is C10H9ClOS. The van der Waals surface area contributed by atoms with Gasteiger partial charge in [0.25, 0.3) is 0 Å². The molecule has 0 fully saturated rings. The SMILES string of the molecule is COc1cc(C)c2cc(Cl)sc2c1. The molecule has 0 saturated heterocycles. The molecule has 1 nitrogen and oxygen atoms in total. The summed E-state index contributed by atoms with van der Waals surface area (Å²) >= 11 is 7.51. The third-order valence-corrected chi connectivity index (χ3v) is 3.23. The topological polar surface area (TPSA) is 9.23 Å². The molecule has 13 heavy (non-hydrogen) atoms. The number of fused-ring (bicyclic) bond motifs is 1. The van der Waals surface area contributed by atoms with Crippen molar-refractivity contribution in [2.24, 2.45) is 0 Å². The molecule has 0 saturated carbocycles. The number of hydrogen-bond donors (Lipinski definition) is 0. The smallest absolute Gasteiger partial charge is 0.120 e. The van der Waals surface area contributed by atoms with Crippen molar-refractivity contribution in [1.29, 1.82) is 0 Å². The molecule has 0 aliphatic rings. The van der Waals surface area contributed by atoms with E-state index in [0.29, 0.717) is 0 Å². The molecule has 0 aliphatic heterocycles. The van der Waals surface area contributed by atoms with Gasteiger partial charge in [-0.1, -0.05) is 11.6 Å². The average Bonchev–Trinajstić information content (AvgIpc) is 2.46. The minimum atomic E-state index is 0.825. The fourth-order valence-corrected chi connectivity index (χ4v) is 2.62. The molecule has 2 rings (SSSR count). The highest BCUT2D eigenvalue weighted by atomic mass is 35.5. The number of benzene rings is 1. The van der Waals surface area contributed by atoms with E-state index < -0.39 is 0 Å². The quantitative estimate of drug-likeness (QED) is 0.697. The van der Waals surface area contributed by atoms with Crippen LogP contribution in [0.25, 0.3) is 10.1 Å². The predicted octanol–water partition coefficient (Wildman–Crippen LogP) is 3.87. The van der Waals surface area contributed by atoms with Crippen LogP contribution in [0.4, 0.5) is 0 Å². The van der Waals surface area contributed by atoms with Crippen LogP contribution in [0, 0.1) is 6.92 Å². The Morgan fingerprint density at radius 2 is 2.08 bits per heavy atom. The lowest BCUT2D eigenvalue weighted by molar-refractivity contribution is 0.415. The summed E-state index contributed by atoms with van der Waals surface area (Å²) < 4.78 is 7.18. The van der Waals surface area contributed by atoms with E-state index in [1.807, 2.05) is 18.2 Å². The van der Waals surface area contributed by atoms with Gasteiger partial charge in [-0.05, 0) is 36.1 Å². The Labute approximate surface area is 85.9 Å². The fraction of sp³-hybridized carbons (Fsp3) is 0.200. The Kier molecular flexibility index (Phi) is 2.18. The summed E-state index contributed by atoms with van der Waals surface area (Å²) in [6.45, 7) is 2.06. The van der Waals surface area contributed by atoms with Crippen LogP contribution < -0.4 is 4.74 Å². The Hall–Kier alpha value is -0.730. The van der Waals surface area contributed by atoms with Gasteiger partial charge in [0.05, 0.1) is 11.4 Å². The van der Waals surface area contributed by atoms with Crippen molar-refractivity contribution in [3.63, 3.8) is 0 Å². The number of hydrogen-bond acceptors (Lipinski definition) is 2. The Balaban J connectivity index is 2.75. The molecule has 68 valence electrons. The van der Waals surface area contributed by atoms with Crippen LogP contribution >= 0.6 is 22.9 Å². The fourth-order valence-electron chi connectivity index (χ4n) is 1.37. The summed E-state index contributed by atoms with van der Waals surface area (Å²) in [5.41, 5.74) is 1.21. The first-order valence-corrected chi connectivity index (χ1v) is 5.14. The van der Waals surface area contributed by atoms with Crippen molar-refractivity contribution in [2.75, 3.05) is 7.11 Å². The van der Waals surface area contributed by atoms with Crippen LogP contribution in [0.3, 0.4) is 0 Å². The van der Waals surface area contributed by atoms with Gasteiger partial charge < -0.3 is 4.74 Å². The summed E-state index contributed by atoms with van der Waals surface area (Å²) in [6.07, 6.45) is 0. The van der Waals surface area contributed by atoms with Gasteiger partial charge >= 0.3 is 0 Å². The van der Waals surface area contributed by atoms with E-state index in [9.17, 15) is 0 Å². The average molecular weight is 213 g/mol. The molecule has 2 aromatic rings. The van der Waals surface area contributed by atoms with Crippen LogP contribution in [0.5, 0.6) is 5.75 Å². The molecule has 0 spiro atoms. The lowest BCUT2D eigenvalue weighted by Crippen LogP contribution is -1.82. The van der Waals surface area contributed by atoms with Gasteiger partial charge in [0.15, 0.2) is 0 Å². The largest absolute Gasteiger partial charge is 0.497 e. The Bertz CT molecular complexity index is 447. The third kappa shape index (κ3) is 1.52. The standard InChI is InChI=1S/C10H9ClOS/c1-6-3-7(12-2)4-9-8(6)5-10(11)13-9/h3-5H,1-2H3. The van der Waals surface area contributed by atoms with Gasteiger partial charge in [-0.25, -0.2) is 0 Å². The van der Waals surface area contributed by atoms with Gasteiger partial charge in [0, 0.05) is 4.70 Å². The molecule has 0 unspecified atom stereocenters. The second kappa shape index (κ2) is 3.20. The Morgan fingerprint density at radius 3 is 2.77 bits per heavy atom. The van der Waals surface area contributed by atoms with E-state index in [0.717, 1.165) is 10.1 Å². The van der Waals surface area contributed by atoms with E-state index >= 15 is 0 Å². The summed E-state index contributed by atoms with van der Waals surface area (Å²) in [4.78, 5) is 0. The second-order valence-electron chi connectivity index (χ2n) is 2.91. The number of thiophene rings is 1.